The molecule has 3 heterocycles. The summed E-state index contributed by atoms with van der Waals surface area (Å²) in [5.74, 6) is 0.556. The number of carbonyl (C=O) groups is 1. The highest BCUT2D eigenvalue weighted by molar-refractivity contribution is 7.99. The van der Waals surface area contributed by atoms with Gasteiger partial charge >= 0.3 is 5.97 Å². The molecule has 0 aliphatic carbocycles. The molecule has 5 rings (SSSR count). The molecule has 2 aromatic carbocycles. The summed E-state index contributed by atoms with van der Waals surface area (Å²) < 4.78 is 19.0. The lowest BCUT2D eigenvalue weighted by molar-refractivity contribution is -0.136. The number of ether oxygens (including phenoxy) is 3. The number of aliphatic carboxylic acids is 1. The molecular formula is C28H30N4O5S. The van der Waals surface area contributed by atoms with Crippen LogP contribution in [0.2, 0.25) is 0 Å². The predicted octanol–water partition coefficient (Wildman–Crippen LogP) is 4.28. The van der Waals surface area contributed by atoms with Crippen molar-refractivity contribution in [1.29, 1.82) is 0 Å². The van der Waals surface area contributed by atoms with Crippen LogP contribution in [-0.2, 0) is 16.0 Å². The Morgan fingerprint density at radius 3 is 2.68 bits per heavy atom. The molecule has 2 aromatic heterocycles. The van der Waals surface area contributed by atoms with Crippen LogP contribution in [0.4, 0.5) is 0 Å². The quantitative estimate of drug-likeness (QED) is 0.283. The minimum atomic E-state index is -0.795. The molecule has 10 heteroatoms. The van der Waals surface area contributed by atoms with Gasteiger partial charge in [-0.3, -0.25) is 14.1 Å². The topological polar surface area (TPSA) is 98.4 Å². The van der Waals surface area contributed by atoms with Crippen molar-refractivity contribution in [1.82, 2.24) is 19.3 Å². The standard InChI is InChI=1S/C28H30N4O5S/c1-35-25-18-21(5-8-24(25)37-17-14-31-12-15-36-16-13-31)23-19-26-29-10-11-32(26)28(30-23)38-22-6-2-20(3-7-22)4-9-27(33)34/h2-3,5-8,10-11,18-19H,4,9,12-17H2,1H3,(H,33,34). The van der Waals surface area contributed by atoms with Gasteiger partial charge in [0.05, 0.1) is 26.0 Å². The molecule has 1 fully saturated rings. The number of methoxy groups -OCH3 is 1. The predicted molar refractivity (Wildman–Crippen MR) is 144 cm³/mol. The molecule has 0 unspecified atom stereocenters. The van der Waals surface area contributed by atoms with Gasteiger partial charge in [0, 0.05) is 55.0 Å². The number of nitrogens with zero attached hydrogens (tertiary/aromatic N) is 4. The Morgan fingerprint density at radius 1 is 1.11 bits per heavy atom. The third-order valence-corrected chi connectivity index (χ3v) is 7.32. The van der Waals surface area contributed by atoms with Crippen LogP contribution in [0.25, 0.3) is 16.9 Å². The molecule has 0 bridgehead atoms. The fourth-order valence-electron chi connectivity index (χ4n) is 4.25. The number of aromatic nitrogens is 3. The summed E-state index contributed by atoms with van der Waals surface area (Å²) in [7, 11) is 1.64. The van der Waals surface area contributed by atoms with Crippen LogP contribution in [0.5, 0.6) is 11.5 Å². The van der Waals surface area contributed by atoms with E-state index in [1.807, 2.05) is 59.1 Å². The molecule has 0 radical (unpaired) electrons. The van der Waals surface area contributed by atoms with Crippen molar-refractivity contribution in [3.63, 3.8) is 0 Å². The minimum absolute atomic E-state index is 0.118. The highest BCUT2D eigenvalue weighted by atomic mass is 32.2. The third kappa shape index (κ3) is 6.45. The van der Waals surface area contributed by atoms with Crippen LogP contribution in [0, 0.1) is 0 Å². The molecule has 4 aromatic rings. The van der Waals surface area contributed by atoms with Gasteiger partial charge in [-0.15, -0.1) is 0 Å². The summed E-state index contributed by atoms with van der Waals surface area (Å²) >= 11 is 1.53. The lowest BCUT2D eigenvalue weighted by atomic mass is 10.1. The average molecular weight is 535 g/mol. The first-order valence-corrected chi connectivity index (χ1v) is 13.3. The molecule has 0 amide bonds. The van der Waals surface area contributed by atoms with Crippen molar-refractivity contribution in [3.05, 3.63) is 66.5 Å². The molecule has 0 saturated carbocycles. The zero-order valence-corrected chi connectivity index (χ0v) is 22.0. The first kappa shape index (κ1) is 26.0. The Bertz CT molecular complexity index is 1390. The van der Waals surface area contributed by atoms with E-state index in [4.69, 9.17) is 24.3 Å². The van der Waals surface area contributed by atoms with Gasteiger partial charge in [-0.25, -0.2) is 9.97 Å². The van der Waals surface area contributed by atoms with Crippen molar-refractivity contribution in [2.45, 2.75) is 22.9 Å². The van der Waals surface area contributed by atoms with Gasteiger partial charge in [0.2, 0.25) is 0 Å². The number of morpholine rings is 1. The Labute approximate surface area is 225 Å². The summed E-state index contributed by atoms with van der Waals surface area (Å²) in [4.78, 5) is 23.6. The van der Waals surface area contributed by atoms with Crippen molar-refractivity contribution >= 4 is 23.4 Å². The zero-order chi connectivity index (χ0) is 26.3. The van der Waals surface area contributed by atoms with E-state index >= 15 is 0 Å². The van der Waals surface area contributed by atoms with Crippen LogP contribution < -0.4 is 9.47 Å². The van der Waals surface area contributed by atoms with Crippen molar-refractivity contribution in [2.75, 3.05) is 46.6 Å². The van der Waals surface area contributed by atoms with Crippen LogP contribution in [0.3, 0.4) is 0 Å². The van der Waals surface area contributed by atoms with Crippen LogP contribution in [-0.4, -0.2) is 76.9 Å². The Balaban J connectivity index is 1.33. The van der Waals surface area contributed by atoms with Gasteiger partial charge in [-0.1, -0.05) is 23.9 Å². The number of aryl methyl sites for hydroxylation is 1. The number of carboxylic acid groups (broad SMARTS) is 1. The van der Waals surface area contributed by atoms with E-state index in [9.17, 15) is 4.79 Å². The second-order valence-electron chi connectivity index (χ2n) is 8.89. The molecule has 198 valence electrons. The van der Waals surface area contributed by atoms with Gasteiger partial charge in [-0.05, 0) is 42.3 Å². The van der Waals surface area contributed by atoms with E-state index in [1.54, 1.807) is 13.3 Å². The number of fused-ring (bicyclic) bond motifs is 1. The number of hydrogen-bond acceptors (Lipinski definition) is 8. The Morgan fingerprint density at radius 2 is 1.92 bits per heavy atom. The lowest BCUT2D eigenvalue weighted by Gasteiger charge is -2.26. The molecule has 1 aliphatic heterocycles. The first-order chi connectivity index (χ1) is 18.6. The summed E-state index contributed by atoms with van der Waals surface area (Å²) in [5, 5.41) is 9.69. The maximum absolute atomic E-state index is 10.9. The van der Waals surface area contributed by atoms with Gasteiger partial charge in [0.25, 0.3) is 0 Å². The first-order valence-electron chi connectivity index (χ1n) is 12.5. The van der Waals surface area contributed by atoms with E-state index < -0.39 is 5.97 Å². The molecule has 1 saturated heterocycles. The van der Waals surface area contributed by atoms with Crippen molar-refractivity contribution < 1.29 is 24.1 Å². The van der Waals surface area contributed by atoms with Gasteiger partial charge < -0.3 is 19.3 Å². The van der Waals surface area contributed by atoms with Crippen molar-refractivity contribution in [3.8, 4) is 22.8 Å². The molecule has 1 N–H and O–H groups in total. The fraction of sp³-hybridized carbons (Fsp3) is 0.321. The smallest absolute Gasteiger partial charge is 0.303 e. The second-order valence-corrected chi connectivity index (χ2v) is 9.93. The fourth-order valence-corrected chi connectivity index (χ4v) is 5.13. The minimum Gasteiger partial charge on any atom is -0.493 e. The number of benzene rings is 2. The lowest BCUT2D eigenvalue weighted by Crippen LogP contribution is -2.38. The number of carboxylic acids is 1. The van der Waals surface area contributed by atoms with Gasteiger partial charge in [-0.2, -0.15) is 0 Å². The summed E-state index contributed by atoms with van der Waals surface area (Å²) in [6.45, 7) is 4.80. The van der Waals surface area contributed by atoms with E-state index in [2.05, 4.69) is 9.88 Å². The summed E-state index contributed by atoms with van der Waals surface area (Å²) in [6.07, 6.45) is 4.27. The monoisotopic (exact) mass is 534 g/mol. The largest absolute Gasteiger partial charge is 0.493 e. The average Bonchev–Trinajstić information content (AvgIpc) is 3.42. The van der Waals surface area contributed by atoms with E-state index in [0.29, 0.717) is 24.5 Å². The SMILES string of the molecule is COc1cc(-c2cc3nccn3c(Sc3ccc(CCC(=O)O)cc3)n2)ccc1OCCN1CCOCC1. The summed E-state index contributed by atoms with van der Waals surface area (Å²) in [6, 6.07) is 15.7. The second kappa shape index (κ2) is 12.3. The molecule has 38 heavy (non-hydrogen) atoms. The van der Waals surface area contributed by atoms with Gasteiger partial charge in [0.15, 0.2) is 16.7 Å². The zero-order valence-electron chi connectivity index (χ0n) is 21.2. The van der Waals surface area contributed by atoms with Crippen LogP contribution in [0.15, 0.2) is 71.0 Å². The molecule has 0 atom stereocenters. The van der Waals surface area contributed by atoms with E-state index in [0.717, 1.165) is 65.4 Å². The summed E-state index contributed by atoms with van der Waals surface area (Å²) in [5.41, 5.74) is 3.46. The van der Waals surface area contributed by atoms with Gasteiger partial charge in [0.1, 0.15) is 12.3 Å². The molecule has 1 aliphatic rings. The van der Waals surface area contributed by atoms with E-state index in [-0.39, 0.29) is 6.42 Å². The maximum atomic E-state index is 10.9. The van der Waals surface area contributed by atoms with Crippen molar-refractivity contribution in [2.24, 2.45) is 0 Å². The Kier molecular flexibility index (Phi) is 8.42. The molecular weight excluding hydrogens is 504 g/mol. The number of imidazole rings is 1. The molecule has 9 nitrogen and oxygen atoms in total. The highest BCUT2D eigenvalue weighted by Crippen LogP contribution is 2.34. The van der Waals surface area contributed by atoms with Crippen LogP contribution in [0.1, 0.15) is 12.0 Å². The highest BCUT2D eigenvalue weighted by Gasteiger charge is 2.14. The van der Waals surface area contributed by atoms with E-state index in [1.165, 1.54) is 11.8 Å². The maximum Gasteiger partial charge on any atom is 0.303 e. The number of rotatable bonds is 11. The Hall–Kier alpha value is -3.60. The number of hydrogen-bond donors (Lipinski definition) is 1. The van der Waals surface area contributed by atoms with Crippen LogP contribution >= 0.6 is 11.8 Å². The molecule has 0 spiro atoms. The normalized spacial score (nSPS) is 14.0. The third-order valence-electron chi connectivity index (χ3n) is 6.35.